The summed E-state index contributed by atoms with van der Waals surface area (Å²) in [6.07, 6.45) is 1.76. The Hall–Kier alpha value is -2.68. The molecule has 1 saturated heterocycles. The number of nitrogens with one attached hydrogen (secondary N) is 1. The van der Waals surface area contributed by atoms with Crippen molar-refractivity contribution in [2.45, 2.75) is 24.5 Å². The predicted octanol–water partition coefficient (Wildman–Crippen LogP) is 5.20. The second kappa shape index (κ2) is 6.49. The summed E-state index contributed by atoms with van der Waals surface area (Å²) in [5.74, 6) is -0.103. The van der Waals surface area contributed by atoms with Gasteiger partial charge < -0.3 is 5.11 Å². The van der Waals surface area contributed by atoms with E-state index in [0.717, 1.165) is 30.5 Å². The molecule has 0 aliphatic carbocycles. The van der Waals surface area contributed by atoms with Gasteiger partial charge in [-0.05, 0) is 52.1 Å². The molecule has 5 rings (SSSR count). The van der Waals surface area contributed by atoms with Crippen LogP contribution in [0.2, 0.25) is 0 Å². The molecule has 4 aromatic rings. The highest BCUT2D eigenvalue weighted by Crippen LogP contribution is 2.40. The zero-order valence-electron chi connectivity index (χ0n) is 15.2. The smallest absolute Gasteiger partial charge is 0.127 e. The fourth-order valence-corrected chi connectivity index (χ4v) is 4.52. The van der Waals surface area contributed by atoms with Crippen LogP contribution in [0, 0.1) is 0 Å². The van der Waals surface area contributed by atoms with Crippen LogP contribution in [0.4, 0.5) is 0 Å². The summed E-state index contributed by atoms with van der Waals surface area (Å²) in [4.78, 5) is 0. The highest BCUT2D eigenvalue weighted by atomic mass is 16.3. The maximum absolute atomic E-state index is 11.5. The molecule has 1 aliphatic rings. The predicted molar refractivity (Wildman–Crippen MR) is 112 cm³/mol. The first-order chi connectivity index (χ1) is 13.2. The molecule has 0 spiro atoms. The maximum Gasteiger partial charge on any atom is 0.127 e. The Labute approximate surface area is 159 Å². The van der Waals surface area contributed by atoms with Gasteiger partial charge in [0.25, 0.3) is 0 Å². The van der Waals surface area contributed by atoms with Crippen LogP contribution >= 0.6 is 0 Å². The largest absolute Gasteiger partial charge is 0.375 e. The van der Waals surface area contributed by atoms with Gasteiger partial charge in [0.2, 0.25) is 0 Å². The van der Waals surface area contributed by atoms with E-state index < -0.39 is 5.72 Å². The van der Waals surface area contributed by atoms with Gasteiger partial charge in [-0.25, -0.2) is 0 Å². The van der Waals surface area contributed by atoms with E-state index in [1.54, 1.807) is 0 Å². The molecule has 4 aromatic carbocycles. The van der Waals surface area contributed by atoms with E-state index >= 15 is 0 Å². The summed E-state index contributed by atoms with van der Waals surface area (Å²) in [5.41, 5.74) is 1.40. The van der Waals surface area contributed by atoms with Crippen LogP contribution in [0.3, 0.4) is 0 Å². The average Bonchev–Trinajstić information content (AvgIpc) is 3.15. The molecular weight excluding hydrogens is 330 g/mol. The van der Waals surface area contributed by atoms with E-state index in [4.69, 9.17) is 0 Å². The van der Waals surface area contributed by atoms with Crippen molar-refractivity contribution < 1.29 is 5.11 Å². The van der Waals surface area contributed by atoms with Crippen LogP contribution in [0.25, 0.3) is 21.5 Å². The lowest BCUT2D eigenvalue weighted by Crippen LogP contribution is -2.45. The molecule has 1 aliphatic heterocycles. The maximum atomic E-state index is 11.5. The molecule has 1 fully saturated rings. The lowest BCUT2D eigenvalue weighted by Gasteiger charge is -2.34. The second-order valence-electron chi connectivity index (χ2n) is 7.60. The summed E-state index contributed by atoms with van der Waals surface area (Å²) in [7, 11) is 0. The van der Waals surface area contributed by atoms with E-state index in [1.807, 2.05) is 0 Å². The number of rotatable bonds is 3. The van der Waals surface area contributed by atoms with Crippen LogP contribution in [0.1, 0.15) is 29.9 Å². The molecular formula is C25H23NO. The Morgan fingerprint density at radius 2 is 1.22 bits per heavy atom. The van der Waals surface area contributed by atoms with Gasteiger partial charge in [-0.15, -0.1) is 0 Å². The Morgan fingerprint density at radius 3 is 1.70 bits per heavy atom. The van der Waals surface area contributed by atoms with Crippen LogP contribution in [-0.4, -0.2) is 17.4 Å². The van der Waals surface area contributed by atoms with Crippen molar-refractivity contribution >= 4 is 21.5 Å². The van der Waals surface area contributed by atoms with E-state index in [2.05, 4.69) is 90.2 Å². The van der Waals surface area contributed by atoms with Crippen molar-refractivity contribution in [2.24, 2.45) is 0 Å². The van der Waals surface area contributed by atoms with E-state index in [0.29, 0.717) is 0 Å². The molecule has 0 radical (unpaired) electrons. The molecule has 0 amide bonds. The molecule has 0 unspecified atom stereocenters. The lowest BCUT2D eigenvalue weighted by molar-refractivity contribution is 0.00855. The number of fused-ring (bicyclic) bond motifs is 2. The van der Waals surface area contributed by atoms with Gasteiger partial charge in [0.15, 0.2) is 0 Å². The first kappa shape index (κ1) is 16.5. The van der Waals surface area contributed by atoms with Crippen LogP contribution < -0.4 is 5.32 Å². The van der Waals surface area contributed by atoms with E-state index in [9.17, 15) is 5.11 Å². The minimum Gasteiger partial charge on any atom is -0.375 e. The first-order valence-corrected chi connectivity index (χ1v) is 9.68. The second-order valence-corrected chi connectivity index (χ2v) is 7.60. The monoisotopic (exact) mass is 353 g/mol. The third kappa shape index (κ3) is 2.91. The zero-order chi connectivity index (χ0) is 18.3. The number of hydrogen-bond acceptors (Lipinski definition) is 2. The third-order valence-electron chi connectivity index (χ3n) is 5.86. The molecule has 2 heteroatoms. The highest BCUT2D eigenvalue weighted by molar-refractivity contribution is 5.85. The molecule has 2 nitrogen and oxygen atoms in total. The van der Waals surface area contributed by atoms with Crippen molar-refractivity contribution in [2.75, 3.05) is 6.54 Å². The standard InChI is InChI=1S/C25H23NO/c27-25(14-5-15-26-25)24(22-12-10-18-6-1-3-8-20(18)16-22)23-13-11-19-7-2-4-9-21(19)17-23/h1-4,6-13,16-17,24,26-27H,5,14-15H2/t25-/m1/s1. The molecule has 0 aromatic heterocycles. The number of benzene rings is 4. The molecule has 0 bridgehead atoms. The summed E-state index contributed by atoms with van der Waals surface area (Å²) >= 11 is 0. The average molecular weight is 353 g/mol. The minimum absolute atomic E-state index is 0.103. The van der Waals surface area contributed by atoms with Gasteiger partial charge in [-0.1, -0.05) is 84.9 Å². The van der Waals surface area contributed by atoms with Crippen molar-refractivity contribution in [1.29, 1.82) is 0 Å². The van der Waals surface area contributed by atoms with Gasteiger partial charge in [-0.3, -0.25) is 5.32 Å². The van der Waals surface area contributed by atoms with Gasteiger partial charge in [-0.2, -0.15) is 0 Å². The van der Waals surface area contributed by atoms with Gasteiger partial charge in [0, 0.05) is 0 Å². The molecule has 1 heterocycles. The molecule has 27 heavy (non-hydrogen) atoms. The quantitative estimate of drug-likeness (QED) is 0.531. The highest BCUT2D eigenvalue weighted by Gasteiger charge is 2.41. The van der Waals surface area contributed by atoms with Crippen molar-refractivity contribution in [1.82, 2.24) is 5.32 Å². The fraction of sp³-hybridized carbons (Fsp3) is 0.200. The molecule has 1 atom stereocenters. The summed E-state index contributed by atoms with van der Waals surface area (Å²) in [5, 5.41) is 19.7. The fourth-order valence-electron chi connectivity index (χ4n) is 4.52. The first-order valence-electron chi connectivity index (χ1n) is 9.68. The summed E-state index contributed by atoms with van der Waals surface area (Å²) in [6.45, 7) is 0.855. The van der Waals surface area contributed by atoms with Gasteiger partial charge in [0.1, 0.15) is 5.72 Å². The summed E-state index contributed by atoms with van der Waals surface area (Å²) < 4.78 is 0. The Bertz CT molecular complexity index is 1030. The molecule has 2 N–H and O–H groups in total. The van der Waals surface area contributed by atoms with Crippen LogP contribution in [0.15, 0.2) is 84.9 Å². The molecule has 0 saturated carbocycles. The van der Waals surface area contributed by atoms with E-state index in [-0.39, 0.29) is 5.92 Å². The third-order valence-corrected chi connectivity index (χ3v) is 5.86. The van der Waals surface area contributed by atoms with Crippen molar-refractivity contribution in [3.63, 3.8) is 0 Å². The van der Waals surface area contributed by atoms with Crippen molar-refractivity contribution in [3.05, 3.63) is 96.1 Å². The van der Waals surface area contributed by atoms with Crippen LogP contribution in [0.5, 0.6) is 0 Å². The lowest BCUT2D eigenvalue weighted by atomic mass is 9.80. The molecule has 134 valence electrons. The topological polar surface area (TPSA) is 32.3 Å². The summed E-state index contributed by atoms with van der Waals surface area (Å²) in [6, 6.07) is 29.9. The van der Waals surface area contributed by atoms with Gasteiger partial charge >= 0.3 is 0 Å². The van der Waals surface area contributed by atoms with Crippen molar-refractivity contribution in [3.8, 4) is 0 Å². The normalized spacial score (nSPS) is 19.9. The Kier molecular flexibility index (Phi) is 3.96. The minimum atomic E-state index is -0.912. The Balaban J connectivity index is 1.69. The van der Waals surface area contributed by atoms with Crippen LogP contribution in [-0.2, 0) is 0 Å². The number of hydrogen-bond donors (Lipinski definition) is 2. The van der Waals surface area contributed by atoms with Gasteiger partial charge in [0.05, 0.1) is 5.92 Å². The SMILES string of the molecule is O[C@@]1(C(c2ccc3ccccc3c2)c2ccc3ccccc3c2)CCCN1. The zero-order valence-corrected chi connectivity index (χ0v) is 15.2. The Morgan fingerprint density at radius 1 is 0.704 bits per heavy atom. The number of aliphatic hydroxyl groups is 1. The van der Waals surface area contributed by atoms with E-state index in [1.165, 1.54) is 21.5 Å².